The van der Waals surface area contributed by atoms with Crippen molar-refractivity contribution in [2.45, 2.75) is 19.3 Å². The Balaban J connectivity index is 2.29. The van der Waals surface area contributed by atoms with Gasteiger partial charge in [-0.2, -0.15) is 0 Å². The first-order valence-corrected chi connectivity index (χ1v) is 6.30. The zero-order valence-corrected chi connectivity index (χ0v) is 10.7. The highest BCUT2D eigenvalue weighted by Crippen LogP contribution is 2.20. The number of unbranched alkanes of at least 4 members (excludes halogenated alkanes) is 1. The lowest BCUT2D eigenvalue weighted by Gasteiger charge is -2.01. The Hall–Kier alpha value is -0.730. The van der Waals surface area contributed by atoms with Crippen molar-refractivity contribution in [2.24, 2.45) is 7.05 Å². The molecule has 2 aromatic rings. The number of fused-ring (bicyclic) bond motifs is 1. The Morgan fingerprint density at radius 1 is 1.31 bits per heavy atom. The molecule has 0 saturated heterocycles. The van der Waals surface area contributed by atoms with E-state index >= 15 is 0 Å². The molecule has 0 unspecified atom stereocenters. The second-order valence-electron chi connectivity index (χ2n) is 3.87. The Labute approximate surface area is 105 Å². The first kappa shape index (κ1) is 11.7. The van der Waals surface area contributed by atoms with Crippen molar-refractivity contribution < 1.29 is 0 Å². The minimum absolute atomic E-state index is 0.718. The molecule has 0 aliphatic rings. The number of aromatic nitrogens is 2. The lowest BCUT2D eigenvalue weighted by atomic mass is 10.2. The summed E-state index contributed by atoms with van der Waals surface area (Å²) >= 11 is 11.6. The molecule has 2 nitrogen and oxygen atoms in total. The van der Waals surface area contributed by atoms with E-state index in [9.17, 15) is 0 Å². The lowest BCUT2D eigenvalue weighted by molar-refractivity contribution is 0.722. The van der Waals surface area contributed by atoms with Crippen molar-refractivity contribution in [3.8, 4) is 0 Å². The molecule has 0 saturated carbocycles. The van der Waals surface area contributed by atoms with E-state index in [1.807, 2.05) is 25.2 Å². The fraction of sp³-hybridized carbons (Fsp3) is 0.417. The zero-order chi connectivity index (χ0) is 11.5. The third kappa shape index (κ3) is 2.33. The summed E-state index contributed by atoms with van der Waals surface area (Å²) in [5.41, 5.74) is 2.10. The Kier molecular flexibility index (Phi) is 3.72. The van der Waals surface area contributed by atoms with Crippen LogP contribution in [-0.2, 0) is 13.5 Å². The third-order valence-corrected chi connectivity index (χ3v) is 3.22. The fourth-order valence-corrected chi connectivity index (χ4v) is 2.17. The molecule has 0 spiro atoms. The van der Waals surface area contributed by atoms with Crippen LogP contribution in [0, 0.1) is 0 Å². The first-order chi connectivity index (χ1) is 7.72. The van der Waals surface area contributed by atoms with Crippen LogP contribution in [0.1, 0.15) is 18.7 Å². The number of imidazole rings is 1. The number of hydrogen-bond donors (Lipinski definition) is 0. The van der Waals surface area contributed by atoms with Crippen LogP contribution < -0.4 is 0 Å². The molecule has 0 amide bonds. The Morgan fingerprint density at radius 2 is 2.12 bits per heavy atom. The van der Waals surface area contributed by atoms with Gasteiger partial charge >= 0.3 is 0 Å². The molecule has 4 heteroatoms. The number of rotatable bonds is 4. The molecule has 0 aliphatic heterocycles. The van der Waals surface area contributed by atoms with Crippen LogP contribution in [0.15, 0.2) is 18.2 Å². The van der Waals surface area contributed by atoms with E-state index in [1.165, 1.54) is 0 Å². The Bertz CT molecular complexity index is 491. The van der Waals surface area contributed by atoms with Crippen LogP contribution >= 0.6 is 23.2 Å². The van der Waals surface area contributed by atoms with Crippen molar-refractivity contribution in [2.75, 3.05) is 5.88 Å². The van der Waals surface area contributed by atoms with Gasteiger partial charge in [-0.1, -0.05) is 11.6 Å². The lowest BCUT2D eigenvalue weighted by Crippen LogP contribution is -1.98. The van der Waals surface area contributed by atoms with E-state index in [0.29, 0.717) is 0 Å². The largest absolute Gasteiger partial charge is 0.331 e. The summed E-state index contributed by atoms with van der Waals surface area (Å²) in [7, 11) is 2.03. The van der Waals surface area contributed by atoms with Gasteiger partial charge in [0.05, 0.1) is 11.0 Å². The van der Waals surface area contributed by atoms with E-state index in [-0.39, 0.29) is 0 Å². The van der Waals surface area contributed by atoms with Gasteiger partial charge in [-0.05, 0) is 31.0 Å². The maximum Gasteiger partial charge on any atom is 0.109 e. The van der Waals surface area contributed by atoms with Gasteiger partial charge < -0.3 is 4.57 Å². The van der Waals surface area contributed by atoms with Gasteiger partial charge in [0.15, 0.2) is 0 Å². The normalized spacial score (nSPS) is 11.2. The molecule has 0 N–H and O–H groups in total. The summed E-state index contributed by atoms with van der Waals surface area (Å²) in [5, 5.41) is 0.753. The summed E-state index contributed by atoms with van der Waals surface area (Å²) in [6.45, 7) is 0. The summed E-state index contributed by atoms with van der Waals surface area (Å²) in [5.74, 6) is 1.82. The first-order valence-electron chi connectivity index (χ1n) is 5.39. The monoisotopic (exact) mass is 256 g/mol. The molecule has 0 bridgehead atoms. The van der Waals surface area contributed by atoms with Gasteiger partial charge in [0.2, 0.25) is 0 Å². The maximum atomic E-state index is 5.97. The molecule has 0 aliphatic carbocycles. The molecule has 86 valence electrons. The molecule has 2 rings (SSSR count). The van der Waals surface area contributed by atoms with E-state index in [4.69, 9.17) is 23.2 Å². The van der Waals surface area contributed by atoms with Crippen LogP contribution in [0.2, 0.25) is 5.02 Å². The van der Waals surface area contributed by atoms with Crippen LogP contribution in [0.5, 0.6) is 0 Å². The van der Waals surface area contributed by atoms with Crippen molar-refractivity contribution in [1.29, 1.82) is 0 Å². The van der Waals surface area contributed by atoms with Crippen molar-refractivity contribution in [3.63, 3.8) is 0 Å². The van der Waals surface area contributed by atoms with Gasteiger partial charge in [0.25, 0.3) is 0 Å². The summed E-state index contributed by atoms with van der Waals surface area (Å²) < 4.78 is 2.11. The van der Waals surface area contributed by atoms with E-state index < -0.39 is 0 Å². The summed E-state index contributed by atoms with van der Waals surface area (Å²) in [4.78, 5) is 4.59. The van der Waals surface area contributed by atoms with Crippen LogP contribution in [0.3, 0.4) is 0 Å². The zero-order valence-electron chi connectivity index (χ0n) is 9.21. The third-order valence-electron chi connectivity index (χ3n) is 2.72. The van der Waals surface area contributed by atoms with Crippen LogP contribution in [0.4, 0.5) is 0 Å². The van der Waals surface area contributed by atoms with Crippen molar-refractivity contribution >= 4 is 34.2 Å². The average molecular weight is 257 g/mol. The molecule has 16 heavy (non-hydrogen) atoms. The van der Waals surface area contributed by atoms with Gasteiger partial charge in [-0.25, -0.2) is 4.98 Å². The highest BCUT2D eigenvalue weighted by Gasteiger charge is 2.07. The SMILES string of the molecule is Cn1c(CCCCCl)nc2ccc(Cl)cc21. The van der Waals surface area contributed by atoms with Crippen molar-refractivity contribution in [3.05, 3.63) is 29.0 Å². The topological polar surface area (TPSA) is 17.8 Å². The van der Waals surface area contributed by atoms with Gasteiger partial charge in [0, 0.05) is 24.4 Å². The minimum atomic E-state index is 0.718. The minimum Gasteiger partial charge on any atom is -0.331 e. The van der Waals surface area contributed by atoms with Crippen LogP contribution in [-0.4, -0.2) is 15.4 Å². The summed E-state index contributed by atoms with van der Waals surface area (Å²) in [6, 6.07) is 5.79. The number of alkyl halides is 1. The van der Waals surface area contributed by atoms with E-state index in [1.54, 1.807) is 0 Å². The second kappa shape index (κ2) is 5.07. The molecule has 1 aromatic heterocycles. The van der Waals surface area contributed by atoms with Crippen molar-refractivity contribution in [1.82, 2.24) is 9.55 Å². The number of benzene rings is 1. The van der Waals surface area contributed by atoms with E-state index in [2.05, 4.69) is 9.55 Å². The highest BCUT2D eigenvalue weighted by atomic mass is 35.5. The number of nitrogens with zero attached hydrogens (tertiary/aromatic N) is 2. The smallest absolute Gasteiger partial charge is 0.109 e. The standard InChI is InChI=1S/C12H14Cl2N2/c1-16-11-8-9(14)5-6-10(11)15-12(16)4-2-3-7-13/h5-6,8H,2-4,7H2,1H3. The average Bonchev–Trinajstić information content (AvgIpc) is 2.57. The highest BCUT2D eigenvalue weighted by molar-refractivity contribution is 6.31. The quantitative estimate of drug-likeness (QED) is 0.602. The Morgan fingerprint density at radius 3 is 2.88 bits per heavy atom. The molecule has 0 atom stereocenters. The number of halogens is 2. The maximum absolute atomic E-state index is 5.97. The fourth-order valence-electron chi connectivity index (χ4n) is 1.81. The molecule has 0 fully saturated rings. The predicted molar refractivity (Wildman–Crippen MR) is 69.4 cm³/mol. The molecular weight excluding hydrogens is 243 g/mol. The molecular formula is C12H14Cl2N2. The molecule has 1 aromatic carbocycles. The molecule has 1 heterocycles. The predicted octanol–water partition coefficient (Wildman–Crippen LogP) is 3.79. The second-order valence-corrected chi connectivity index (χ2v) is 4.68. The van der Waals surface area contributed by atoms with Gasteiger partial charge in [-0.15, -0.1) is 11.6 Å². The van der Waals surface area contributed by atoms with Gasteiger partial charge in [0.1, 0.15) is 5.82 Å². The van der Waals surface area contributed by atoms with Crippen LogP contribution in [0.25, 0.3) is 11.0 Å². The molecule has 0 radical (unpaired) electrons. The summed E-state index contributed by atoms with van der Waals surface area (Å²) in [6.07, 6.45) is 3.08. The number of hydrogen-bond acceptors (Lipinski definition) is 1. The van der Waals surface area contributed by atoms with Gasteiger partial charge in [-0.3, -0.25) is 0 Å². The number of aryl methyl sites for hydroxylation is 2. The van der Waals surface area contributed by atoms with E-state index in [0.717, 1.165) is 47.0 Å².